The molecular formula is C16H21N3OS. The van der Waals surface area contributed by atoms with Crippen LogP contribution < -0.4 is 10.6 Å². The topological polar surface area (TPSA) is 46.1 Å². The maximum Gasteiger partial charge on any atom is 0.267 e. The Bertz CT molecular complexity index is 570. The molecule has 0 aliphatic carbocycles. The predicted molar refractivity (Wildman–Crippen MR) is 85.8 cm³/mol. The highest BCUT2D eigenvalue weighted by molar-refractivity contribution is 7.09. The minimum Gasteiger partial charge on any atom is -0.351 e. The fourth-order valence-electron chi connectivity index (χ4n) is 2.77. The van der Waals surface area contributed by atoms with Crippen molar-refractivity contribution in [3.63, 3.8) is 0 Å². The molecule has 21 heavy (non-hydrogen) atoms. The van der Waals surface area contributed by atoms with Gasteiger partial charge in [0, 0.05) is 17.6 Å². The van der Waals surface area contributed by atoms with Crippen molar-refractivity contribution in [3.8, 4) is 0 Å². The number of hydrogen-bond donors (Lipinski definition) is 2. The van der Waals surface area contributed by atoms with Crippen LogP contribution in [0.15, 0.2) is 35.8 Å². The molecule has 1 saturated heterocycles. The van der Waals surface area contributed by atoms with E-state index in [4.69, 9.17) is 0 Å². The zero-order chi connectivity index (χ0) is 14.5. The van der Waals surface area contributed by atoms with Crippen LogP contribution in [-0.4, -0.2) is 30.1 Å². The van der Waals surface area contributed by atoms with Crippen LogP contribution in [0, 0.1) is 5.92 Å². The monoisotopic (exact) mass is 303 g/mol. The van der Waals surface area contributed by atoms with Gasteiger partial charge in [-0.05, 0) is 55.4 Å². The second-order valence-electron chi connectivity index (χ2n) is 5.50. The van der Waals surface area contributed by atoms with Crippen molar-refractivity contribution < 1.29 is 4.79 Å². The van der Waals surface area contributed by atoms with Gasteiger partial charge < -0.3 is 15.2 Å². The van der Waals surface area contributed by atoms with Gasteiger partial charge in [0.1, 0.15) is 5.69 Å². The summed E-state index contributed by atoms with van der Waals surface area (Å²) in [5, 5.41) is 8.47. The molecule has 0 bridgehead atoms. The number of carbonyl (C=O) groups is 1. The van der Waals surface area contributed by atoms with E-state index in [9.17, 15) is 4.79 Å². The highest BCUT2D eigenvalue weighted by atomic mass is 32.1. The van der Waals surface area contributed by atoms with Crippen LogP contribution in [0.1, 0.15) is 28.2 Å². The Morgan fingerprint density at radius 3 is 3.14 bits per heavy atom. The summed E-state index contributed by atoms with van der Waals surface area (Å²) in [6.45, 7) is 3.72. The number of amides is 1. The molecule has 1 aliphatic rings. The zero-order valence-corrected chi connectivity index (χ0v) is 12.9. The molecule has 0 saturated carbocycles. The van der Waals surface area contributed by atoms with E-state index in [2.05, 4.69) is 22.1 Å². The summed E-state index contributed by atoms with van der Waals surface area (Å²) < 4.78 is 2.01. The number of carbonyl (C=O) groups excluding carboxylic acids is 1. The summed E-state index contributed by atoms with van der Waals surface area (Å²) in [5.41, 5.74) is 0.743. The van der Waals surface area contributed by atoms with E-state index in [0.717, 1.165) is 38.3 Å². The maximum absolute atomic E-state index is 12.3. The number of rotatable bonds is 6. The van der Waals surface area contributed by atoms with Gasteiger partial charge >= 0.3 is 0 Å². The van der Waals surface area contributed by atoms with Crippen LogP contribution in [0.25, 0.3) is 0 Å². The first kappa shape index (κ1) is 14.4. The quantitative estimate of drug-likeness (QED) is 0.860. The highest BCUT2D eigenvalue weighted by Gasteiger charge is 2.15. The van der Waals surface area contributed by atoms with Gasteiger partial charge in [-0.1, -0.05) is 6.07 Å². The second-order valence-corrected chi connectivity index (χ2v) is 6.54. The largest absolute Gasteiger partial charge is 0.351 e. The number of nitrogens with zero attached hydrogens (tertiary/aromatic N) is 1. The van der Waals surface area contributed by atoms with Crippen molar-refractivity contribution in [2.24, 2.45) is 5.92 Å². The smallest absolute Gasteiger partial charge is 0.267 e. The average Bonchev–Trinajstić information content (AvgIpc) is 3.20. The molecule has 2 aromatic rings. The Kier molecular flexibility index (Phi) is 4.72. The summed E-state index contributed by atoms with van der Waals surface area (Å²) in [6.07, 6.45) is 4.25. The number of hydrogen-bond acceptors (Lipinski definition) is 3. The van der Waals surface area contributed by atoms with Gasteiger partial charge in [0.05, 0.1) is 6.54 Å². The standard InChI is InChI=1S/C16H21N3OS/c20-16(18-8-6-13-5-7-17-11-13)15-4-1-9-19(15)12-14-3-2-10-21-14/h1-4,9-10,13,17H,5-8,11-12H2,(H,18,20). The molecule has 0 aromatic carbocycles. The Morgan fingerprint density at radius 2 is 2.38 bits per heavy atom. The zero-order valence-electron chi connectivity index (χ0n) is 12.0. The number of nitrogens with one attached hydrogen (secondary N) is 2. The van der Waals surface area contributed by atoms with Gasteiger partial charge in [-0.25, -0.2) is 0 Å². The van der Waals surface area contributed by atoms with E-state index < -0.39 is 0 Å². The SMILES string of the molecule is O=C(NCCC1CCNC1)c1cccn1Cc1cccs1. The minimum atomic E-state index is 0.0301. The molecule has 1 aliphatic heterocycles. The van der Waals surface area contributed by atoms with Gasteiger partial charge in [-0.3, -0.25) is 4.79 Å². The van der Waals surface area contributed by atoms with Crippen LogP contribution in [0.4, 0.5) is 0 Å². The minimum absolute atomic E-state index is 0.0301. The fraction of sp³-hybridized carbons (Fsp3) is 0.438. The van der Waals surface area contributed by atoms with E-state index in [0.29, 0.717) is 5.92 Å². The van der Waals surface area contributed by atoms with Crippen LogP contribution >= 0.6 is 11.3 Å². The molecule has 1 atom stereocenters. The lowest BCUT2D eigenvalue weighted by atomic mass is 10.1. The third-order valence-corrected chi connectivity index (χ3v) is 4.83. The molecule has 1 unspecified atom stereocenters. The number of thiophene rings is 1. The van der Waals surface area contributed by atoms with Gasteiger partial charge in [-0.2, -0.15) is 0 Å². The van der Waals surface area contributed by atoms with Crippen molar-refractivity contribution in [2.75, 3.05) is 19.6 Å². The summed E-state index contributed by atoms with van der Waals surface area (Å²) in [5.74, 6) is 0.741. The van der Waals surface area contributed by atoms with E-state index in [1.165, 1.54) is 11.3 Å². The van der Waals surface area contributed by atoms with Crippen molar-refractivity contribution in [3.05, 3.63) is 46.4 Å². The normalized spacial score (nSPS) is 18.0. The summed E-state index contributed by atoms with van der Waals surface area (Å²) in [6, 6.07) is 7.96. The van der Waals surface area contributed by atoms with Crippen LogP contribution in [0.5, 0.6) is 0 Å². The Labute approximate surface area is 129 Å². The van der Waals surface area contributed by atoms with Gasteiger partial charge in [0.2, 0.25) is 0 Å². The number of aromatic nitrogens is 1. The lowest BCUT2D eigenvalue weighted by Gasteiger charge is -2.11. The lowest BCUT2D eigenvalue weighted by molar-refractivity contribution is 0.0943. The molecule has 4 nitrogen and oxygen atoms in total. The van der Waals surface area contributed by atoms with Gasteiger partial charge in [0.25, 0.3) is 5.91 Å². The molecular weight excluding hydrogens is 282 g/mol. The molecule has 112 valence electrons. The molecule has 2 N–H and O–H groups in total. The summed E-state index contributed by atoms with van der Waals surface area (Å²) >= 11 is 1.72. The second kappa shape index (κ2) is 6.91. The summed E-state index contributed by atoms with van der Waals surface area (Å²) in [4.78, 5) is 13.5. The van der Waals surface area contributed by atoms with E-state index in [1.807, 2.05) is 29.0 Å². The third-order valence-electron chi connectivity index (χ3n) is 3.97. The highest BCUT2D eigenvalue weighted by Crippen LogP contribution is 2.14. The van der Waals surface area contributed by atoms with Crippen LogP contribution in [-0.2, 0) is 6.54 Å². The molecule has 1 amide bonds. The molecule has 2 aromatic heterocycles. The van der Waals surface area contributed by atoms with Crippen molar-refractivity contribution in [1.29, 1.82) is 0 Å². The third kappa shape index (κ3) is 3.74. The lowest BCUT2D eigenvalue weighted by Crippen LogP contribution is -2.28. The Hall–Kier alpha value is -1.59. The van der Waals surface area contributed by atoms with Crippen molar-refractivity contribution in [1.82, 2.24) is 15.2 Å². The van der Waals surface area contributed by atoms with Crippen molar-refractivity contribution >= 4 is 17.2 Å². The first-order chi connectivity index (χ1) is 10.3. The molecule has 3 heterocycles. The molecule has 0 spiro atoms. The van der Waals surface area contributed by atoms with E-state index in [-0.39, 0.29) is 5.91 Å². The first-order valence-electron chi connectivity index (χ1n) is 7.49. The van der Waals surface area contributed by atoms with Crippen LogP contribution in [0.3, 0.4) is 0 Å². The molecule has 1 fully saturated rings. The van der Waals surface area contributed by atoms with E-state index >= 15 is 0 Å². The van der Waals surface area contributed by atoms with Crippen LogP contribution in [0.2, 0.25) is 0 Å². The van der Waals surface area contributed by atoms with E-state index in [1.54, 1.807) is 11.3 Å². The van der Waals surface area contributed by atoms with Gasteiger partial charge in [0.15, 0.2) is 0 Å². The molecule has 5 heteroatoms. The predicted octanol–water partition coefficient (Wildman–Crippen LogP) is 2.33. The van der Waals surface area contributed by atoms with Gasteiger partial charge in [-0.15, -0.1) is 11.3 Å². The summed E-state index contributed by atoms with van der Waals surface area (Å²) in [7, 11) is 0. The average molecular weight is 303 g/mol. The Balaban J connectivity index is 1.53. The Morgan fingerprint density at radius 1 is 1.43 bits per heavy atom. The molecule has 0 radical (unpaired) electrons. The first-order valence-corrected chi connectivity index (χ1v) is 8.37. The van der Waals surface area contributed by atoms with Crippen molar-refractivity contribution in [2.45, 2.75) is 19.4 Å². The molecule has 3 rings (SSSR count). The maximum atomic E-state index is 12.3. The fourth-order valence-corrected chi connectivity index (χ4v) is 3.47.